The van der Waals surface area contributed by atoms with Crippen LogP contribution in [0.5, 0.6) is 0 Å². The molecule has 0 saturated heterocycles. The molecule has 162 valence electrons. The maximum absolute atomic E-state index is 12.1. The van der Waals surface area contributed by atoms with Crippen molar-refractivity contribution < 1.29 is 9.59 Å². The van der Waals surface area contributed by atoms with Gasteiger partial charge in [-0.05, 0) is 47.8 Å². The van der Waals surface area contributed by atoms with E-state index in [0.717, 1.165) is 48.5 Å². The largest absolute Gasteiger partial charge is 0.338 e. The molecule has 8 heteroatoms. The first-order chi connectivity index (χ1) is 15.6. The number of nitrogens with zero attached hydrogens (tertiary/aromatic N) is 5. The number of aliphatic imine (C=N–C) groups is 2. The number of pyridine rings is 1. The molecule has 1 N–H and O–H groups in total. The van der Waals surface area contributed by atoms with Crippen molar-refractivity contribution >= 4 is 29.3 Å². The number of amides is 2. The van der Waals surface area contributed by atoms with Crippen molar-refractivity contribution in [3.05, 3.63) is 59.0 Å². The summed E-state index contributed by atoms with van der Waals surface area (Å²) in [7, 11) is 0. The van der Waals surface area contributed by atoms with Crippen LogP contribution < -0.4 is 5.32 Å². The monoisotopic (exact) mass is 428 g/mol. The molecule has 3 aliphatic rings. The predicted octanol–water partition coefficient (Wildman–Crippen LogP) is 2.12. The van der Waals surface area contributed by atoms with Gasteiger partial charge in [0.05, 0.1) is 11.8 Å². The molecule has 0 spiro atoms. The van der Waals surface area contributed by atoms with Crippen LogP contribution in [0.15, 0.2) is 57.7 Å². The Kier molecular flexibility index (Phi) is 6.47. The lowest BCUT2D eigenvalue weighted by atomic mass is 9.97. The Morgan fingerprint density at radius 2 is 2.25 bits per heavy atom. The fourth-order valence-corrected chi connectivity index (χ4v) is 3.90. The zero-order valence-corrected chi connectivity index (χ0v) is 17.9. The zero-order chi connectivity index (χ0) is 22.5. The average Bonchev–Trinajstić information content (AvgIpc) is 2.82. The summed E-state index contributed by atoms with van der Waals surface area (Å²) >= 11 is 0. The molecule has 4 rings (SSSR count). The van der Waals surface area contributed by atoms with E-state index in [1.54, 1.807) is 12.3 Å². The normalized spacial score (nSPS) is 20.4. The summed E-state index contributed by atoms with van der Waals surface area (Å²) in [6.45, 7) is 4.34. The van der Waals surface area contributed by atoms with Gasteiger partial charge in [-0.15, -0.1) is 0 Å². The number of aromatic nitrogens is 1. The molecule has 1 unspecified atom stereocenters. The molecule has 0 radical (unpaired) electrons. The number of hydrogen-bond acceptors (Lipinski definition) is 6. The van der Waals surface area contributed by atoms with Crippen LogP contribution in [0.4, 0.5) is 0 Å². The van der Waals surface area contributed by atoms with Crippen LogP contribution in [0.1, 0.15) is 35.8 Å². The fraction of sp³-hybridized carbons (Fsp3) is 0.333. The van der Waals surface area contributed by atoms with Gasteiger partial charge in [-0.1, -0.05) is 19.1 Å². The van der Waals surface area contributed by atoms with E-state index < -0.39 is 0 Å². The van der Waals surface area contributed by atoms with Crippen molar-refractivity contribution in [1.82, 2.24) is 15.2 Å². The molecule has 2 amide bonds. The van der Waals surface area contributed by atoms with Gasteiger partial charge in [0, 0.05) is 37.6 Å². The minimum atomic E-state index is -0.350. The van der Waals surface area contributed by atoms with Crippen LogP contribution in [-0.4, -0.2) is 65.8 Å². The van der Waals surface area contributed by atoms with Gasteiger partial charge in [0.25, 0.3) is 11.8 Å². The van der Waals surface area contributed by atoms with Gasteiger partial charge in [0.15, 0.2) is 0 Å². The van der Waals surface area contributed by atoms with Gasteiger partial charge in [-0.3, -0.25) is 24.5 Å². The third-order valence-electron chi connectivity index (χ3n) is 5.68. The average molecular weight is 428 g/mol. The molecule has 0 aliphatic carbocycles. The predicted molar refractivity (Wildman–Crippen MR) is 122 cm³/mol. The molecule has 1 atom stereocenters. The van der Waals surface area contributed by atoms with Crippen LogP contribution >= 0.6 is 0 Å². The number of dihydropyridines is 2. The summed E-state index contributed by atoms with van der Waals surface area (Å²) in [4.78, 5) is 39.3. The number of nitriles is 1. The Labute approximate surface area is 186 Å². The van der Waals surface area contributed by atoms with Crippen LogP contribution in [0.3, 0.4) is 0 Å². The summed E-state index contributed by atoms with van der Waals surface area (Å²) in [6.07, 6.45) is 11.2. The molecular weight excluding hydrogens is 404 g/mol. The first-order valence-electron chi connectivity index (χ1n) is 10.7. The van der Waals surface area contributed by atoms with E-state index in [9.17, 15) is 9.59 Å². The summed E-state index contributed by atoms with van der Waals surface area (Å²) in [6, 6.07) is 5.30. The van der Waals surface area contributed by atoms with Crippen molar-refractivity contribution in [3.8, 4) is 6.07 Å². The highest BCUT2D eigenvalue weighted by molar-refractivity contribution is 6.16. The van der Waals surface area contributed by atoms with Crippen LogP contribution in [0.2, 0.25) is 0 Å². The molecule has 0 bridgehead atoms. The Balaban J connectivity index is 1.35. The van der Waals surface area contributed by atoms with Crippen molar-refractivity contribution in [2.45, 2.75) is 25.8 Å². The lowest BCUT2D eigenvalue weighted by molar-refractivity contribution is -0.114. The molecule has 4 heterocycles. The standard InChI is InChI=1S/C24H24N6O2/c1-2-17-12-21-22(29-23(17)31)11-16(13-27-21)15-30-9-5-18(6-10-30)19-3-4-20(28-14-19)24(32)26-8-7-25/h3-5,11-14,21H,2,6,8-10,15H2,1H3,(H,26,32). The van der Waals surface area contributed by atoms with Crippen LogP contribution in [-0.2, 0) is 4.79 Å². The van der Waals surface area contributed by atoms with Gasteiger partial charge >= 0.3 is 0 Å². The van der Waals surface area contributed by atoms with E-state index in [2.05, 4.69) is 31.3 Å². The quantitative estimate of drug-likeness (QED) is 0.698. The van der Waals surface area contributed by atoms with Crippen molar-refractivity contribution in [1.29, 1.82) is 5.26 Å². The Bertz CT molecular complexity index is 1120. The molecule has 0 fully saturated rings. The molecule has 3 aliphatic heterocycles. The number of nitrogens with one attached hydrogen (secondary N) is 1. The van der Waals surface area contributed by atoms with E-state index in [4.69, 9.17) is 5.26 Å². The fourth-order valence-electron chi connectivity index (χ4n) is 3.90. The summed E-state index contributed by atoms with van der Waals surface area (Å²) < 4.78 is 0. The van der Waals surface area contributed by atoms with Crippen molar-refractivity contribution in [3.63, 3.8) is 0 Å². The highest BCUT2D eigenvalue weighted by Crippen LogP contribution is 2.23. The maximum atomic E-state index is 12.1. The molecular formula is C24H24N6O2. The molecule has 8 nitrogen and oxygen atoms in total. The minimum Gasteiger partial charge on any atom is -0.338 e. The second kappa shape index (κ2) is 9.62. The number of hydrogen-bond donors (Lipinski definition) is 1. The summed E-state index contributed by atoms with van der Waals surface area (Å²) in [5, 5.41) is 11.0. The van der Waals surface area contributed by atoms with Crippen LogP contribution in [0.25, 0.3) is 5.57 Å². The lowest BCUT2D eigenvalue weighted by Gasteiger charge is -2.28. The zero-order valence-electron chi connectivity index (χ0n) is 17.9. The smallest absolute Gasteiger partial charge is 0.272 e. The number of carbonyl (C=O) groups excluding carboxylic acids is 2. The number of fused-ring (bicyclic) bond motifs is 1. The summed E-state index contributed by atoms with van der Waals surface area (Å²) in [5.74, 6) is -0.503. The van der Waals surface area contributed by atoms with Crippen molar-refractivity contribution in [2.75, 3.05) is 26.2 Å². The third-order valence-corrected chi connectivity index (χ3v) is 5.68. The third kappa shape index (κ3) is 4.79. The minimum absolute atomic E-state index is 0.0365. The van der Waals surface area contributed by atoms with Crippen LogP contribution in [0, 0.1) is 11.3 Å². The van der Waals surface area contributed by atoms with E-state index in [1.807, 2.05) is 37.4 Å². The van der Waals surface area contributed by atoms with Gasteiger partial charge < -0.3 is 5.32 Å². The van der Waals surface area contributed by atoms with E-state index in [0.29, 0.717) is 12.1 Å². The molecule has 1 aromatic rings. The topological polar surface area (TPSA) is 111 Å². The number of carbonyl (C=O) groups is 2. The second-order valence-corrected chi connectivity index (χ2v) is 7.82. The van der Waals surface area contributed by atoms with Gasteiger partial charge in [0.1, 0.15) is 18.3 Å². The maximum Gasteiger partial charge on any atom is 0.272 e. The Hall–Kier alpha value is -3.70. The number of rotatable bonds is 6. The SMILES string of the molecule is CCC1=CC2N=CC(CN3CC=C(c4ccc(C(=O)NCC#N)nc4)CC3)=CC2=NC1=O. The van der Waals surface area contributed by atoms with Gasteiger partial charge in [0.2, 0.25) is 0 Å². The molecule has 1 aromatic heterocycles. The van der Waals surface area contributed by atoms with E-state index >= 15 is 0 Å². The lowest BCUT2D eigenvalue weighted by Crippen LogP contribution is -2.33. The van der Waals surface area contributed by atoms with Crippen molar-refractivity contribution in [2.24, 2.45) is 9.98 Å². The summed E-state index contributed by atoms with van der Waals surface area (Å²) in [5.41, 5.74) is 5.00. The first kappa shape index (κ1) is 21.5. The van der Waals surface area contributed by atoms with E-state index in [-0.39, 0.29) is 24.4 Å². The highest BCUT2D eigenvalue weighted by atomic mass is 16.2. The Morgan fingerprint density at radius 3 is 2.94 bits per heavy atom. The molecule has 32 heavy (non-hydrogen) atoms. The molecule has 0 saturated carbocycles. The van der Waals surface area contributed by atoms with E-state index in [1.165, 1.54) is 5.57 Å². The van der Waals surface area contributed by atoms with Gasteiger partial charge in [-0.25, -0.2) is 4.99 Å². The second-order valence-electron chi connectivity index (χ2n) is 7.82. The highest BCUT2D eigenvalue weighted by Gasteiger charge is 2.24. The first-order valence-corrected chi connectivity index (χ1v) is 10.7. The Morgan fingerprint density at radius 1 is 1.38 bits per heavy atom. The van der Waals surface area contributed by atoms with Gasteiger partial charge in [-0.2, -0.15) is 5.26 Å². The molecule has 0 aromatic carbocycles.